The molecule has 0 N–H and O–H groups in total. The molecule has 4 nitrogen and oxygen atoms in total. The van der Waals surface area contributed by atoms with Crippen molar-refractivity contribution in [3.05, 3.63) is 65.0 Å². The van der Waals surface area contributed by atoms with Gasteiger partial charge in [0, 0.05) is 30.8 Å². The van der Waals surface area contributed by atoms with Crippen LogP contribution in [0.25, 0.3) is 0 Å². The summed E-state index contributed by atoms with van der Waals surface area (Å²) in [7, 11) is 1.61. The first-order valence-corrected chi connectivity index (χ1v) is 8.87. The van der Waals surface area contributed by atoms with Crippen LogP contribution in [0.2, 0.25) is 0 Å². The second kappa shape index (κ2) is 8.32. The van der Waals surface area contributed by atoms with Gasteiger partial charge in [-0.2, -0.15) is 0 Å². The highest BCUT2D eigenvalue weighted by atomic mass is 19.1. The lowest BCUT2D eigenvalue weighted by Crippen LogP contribution is -2.37. The van der Waals surface area contributed by atoms with Crippen molar-refractivity contribution >= 4 is 5.91 Å². The summed E-state index contributed by atoms with van der Waals surface area (Å²) in [5.74, 6) is 0.130. The number of para-hydroxylation sites is 1. The van der Waals surface area contributed by atoms with Crippen LogP contribution in [0, 0.1) is 12.7 Å². The van der Waals surface area contributed by atoms with Crippen LogP contribution >= 0.6 is 0 Å². The van der Waals surface area contributed by atoms with E-state index < -0.39 is 5.82 Å². The number of hydrogen-bond donors (Lipinski definition) is 0. The quantitative estimate of drug-likeness (QED) is 0.785. The Morgan fingerprint density at radius 1 is 1.31 bits per heavy atom. The standard InChI is InChI=1S/C21H24FNO3/c1-15-9-10-17(22)12-19(15)21(24)23(14-18-7-5-11-26-18)13-16-6-3-4-8-20(16)25-2/h3-4,6,8-10,12,18H,5,7,11,13-14H2,1-2H3. The first kappa shape index (κ1) is 18.4. The molecule has 0 bridgehead atoms. The van der Waals surface area contributed by atoms with Gasteiger partial charge in [0.2, 0.25) is 0 Å². The van der Waals surface area contributed by atoms with E-state index in [1.165, 1.54) is 12.1 Å². The van der Waals surface area contributed by atoms with E-state index in [0.29, 0.717) is 18.7 Å². The van der Waals surface area contributed by atoms with E-state index in [9.17, 15) is 9.18 Å². The van der Waals surface area contributed by atoms with Gasteiger partial charge in [-0.1, -0.05) is 24.3 Å². The molecule has 1 unspecified atom stereocenters. The Morgan fingerprint density at radius 3 is 2.85 bits per heavy atom. The Hall–Kier alpha value is -2.40. The maximum absolute atomic E-state index is 13.7. The predicted molar refractivity (Wildman–Crippen MR) is 97.8 cm³/mol. The Bertz CT molecular complexity index is 772. The van der Waals surface area contributed by atoms with Gasteiger partial charge in [0.05, 0.1) is 13.2 Å². The van der Waals surface area contributed by atoms with E-state index in [1.54, 1.807) is 18.1 Å². The average Bonchev–Trinajstić information content (AvgIpc) is 3.16. The van der Waals surface area contributed by atoms with Crippen molar-refractivity contribution in [3.63, 3.8) is 0 Å². The molecule has 0 saturated carbocycles. The van der Waals surface area contributed by atoms with Crippen molar-refractivity contribution in [3.8, 4) is 5.75 Å². The summed E-state index contributed by atoms with van der Waals surface area (Å²) in [6, 6.07) is 11.9. The van der Waals surface area contributed by atoms with Gasteiger partial charge in [-0.15, -0.1) is 0 Å². The number of amides is 1. The molecule has 2 aromatic rings. The highest BCUT2D eigenvalue weighted by molar-refractivity contribution is 5.95. The molecule has 5 heteroatoms. The zero-order chi connectivity index (χ0) is 18.5. The smallest absolute Gasteiger partial charge is 0.254 e. The minimum Gasteiger partial charge on any atom is -0.496 e. The van der Waals surface area contributed by atoms with Gasteiger partial charge >= 0.3 is 0 Å². The Kier molecular flexibility index (Phi) is 5.89. The SMILES string of the molecule is COc1ccccc1CN(CC1CCCO1)C(=O)c1cc(F)ccc1C. The summed E-state index contributed by atoms with van der Waals surface area (Å²) in [5, 5.41) is 0. The molecule has 3 rings (SSSR count). The first-order valence-electron chi connectivity index (χ1n) is 8.87. The minimum absolute atomic E-state index is 0.0162. The lowest BCUT2D eigenvalue weighted by Gasteiger charge is -2.27. The third-order valence-corrected chi connectivity index (χ3v) is 4.72. The third-order valence-electron chi connectivity index (χ3n) is 4.72. The first-order chi connectivity index (χ1) is 12.6. The van der Waals surface area contributed by atoms with Crippen LogP contribution in [0.4, 0.5) is 4.39 Å². The molecule has 0 aliphatic carbocycles. The maximum atomic E-state index is 13.7. The van der Waals surface area contributed by atoms with Gasteiger partial charge in [-0.25, -0.2) is 4.39 Å². The van der Waals surface area contributed by atoms with Gasteiger partial charge in [-0.05, 0) is 43.5 Å². The Morgan fingerprint density at radius 2 is 2.12 bits per heavy atom. The fourth-order valence-electron chi connectivity index (χ4n) is 3.29. The normalized spacial score (nSPS) is 16.5. The summed E-state index contributed by atoms with van der Waals surface area (Å²) in [5.41, 5.74) is 2.06. The summed E-state index contributed by atoms with van der Waals surface area (Å²) < 4.78 is 24.8. The summed E-state index contributed by atoms with van der Waals surface area (Å²) >= 11 is 0. The third kappa shape index (κ3) is 4.22. The number of carbonyl (C=O) groups is 1. The number of nitrogens with zero attached hydrogens (tertiary/aromatic N) is 1. The number of methoxy groups -OCH3 is 1. The molecular weight excluding hydrogens is 333 g/mol. The number of benzene rings is 2. The molecule has 1 aliphatic rings. The van der Waals surface area contributed by atoms with E-state index in [2.05, 4.69) is 0 Å². The van der Waals surface area contributed by atoms with Crippen LogP contribution in [0.3, 0.4) is 0 Å². The second-order valence-corrected chi connectivity index (χ2v) is 6.59. The van der Waals surface area contributed by atoms with Gasteiger partial charge in [-0.3, -0.25) is 4.79 Å². The summed E-state index contributed by atoms with van der Waals surface area (Å²) in [6.07, 6.45) is 1.94. The average molecular weight is 357 g/mol. The zero-order valence-corrected chi connectivity index (χ0v) is 15.2. The Balaban J connectivity index is 1.89. The number of ether oxygens (including phenoxy) is 2. The molecule has 0 spiro atoms. The Labute approximate surface area is 153 Å². The lowest BCUT2D eigenvalue weighted by atomic mass is 10.1. The summed E-state index contributed by atoms with van der Waals surface area (Å²) in [4.78, 5) is 14.9. The van der Waals surface area contributed by atoms with Crippen LogP contribution in [0.15, 0.2) is 42.5 Å². The minimum atomic E-state index is -0.409. The van der Waals surface area contributed by atoms with Gasteiger partial charge < -0.3 is 14.4 Å². The van der Waals surface area contributed by atoms with Gasteiger partial charge in [0.1, 0.15) is 11.6 Å². The highest BCUT2D eigenvalue weighted by Gasteiger charge is 2.25. The van der Waals surface area contributed by atoms with Crippen LogP contribution in [0.5, 0.6) is 5.75 Å². The van der Waals surface area contributed by atoms with Crippen molar-refractivity contribution in [1.29, 1.82) is 0 Å². The monoisotopic (exact) mass is 357 g/mol. The van der Waals surface area contributed by atoms with Crippen molar-refractivity contribution in [2.24, 2.45) is 0 Å². The molecule has 1 atom stereocenters. The van der Waals surface area contributed by atoms with Crippen LogP contribution in [-0.4, -0.2) is 37.2 Å². The number of carbonyl (C=O) groups excluding carboxylic acids is 1. The zero-order valence-electron chi connectivity index (χ0n) is 15.2. The van der Waals surface area contributed by atoms with E-state index in [1.807, 2.05) is 31.2 Å². The maximum Gasteiger partial charge on any atom is 0.254 e. The number of rotatable bonds is 6. The molecule has 2 aromatic carbocycles. The largest absolute Gasteiger partial charge is 0.496 e. The molecule has 0 radical (unpaired) electrons. The molecule has 1 amide bonds. The van der Waals surface area contributed by atoms with Crippen molar-refractivity contribution in [2.45, 2.75) is 32.4 Å². The van der Waals surface area contributed by atoms with Crippen LogP contribution in [-0.2, 0) is 11.3 Å². The molecule has 1 fully saturated rings. The highest BCUT2D eigenvalue weighted by Crippen LogP contribution is 2.23. The molecule has 1 heterocycles. The van der Waals surface area contributed by atoms with Gasteiger partial charge in [0.15, 0.2) is 0 Å². The molecule has 26 heavy (non-hydrogen) atoms. The van der Waals surface area contributed by atoms with Gasteiger partial charge in [0.25, 0.3) is 5.91 Å². The van der Waals surface area contributed by atoms with E-state index >= 15 is 0 Å². The van der Waals surface area contributed by atoms with Crippen molar-refractivity contribution < 1.29 is 18.7 Å². The topological polar surface area (TPSA) is 38.8 Å². The molecule has 0 aromatic heterocycles. The predicted octanol–water partition coefficient (Wildman–Crippen LogP) is 3.96. The fraction of sp³-hybridized carbons (Fsp3) is 0.381. The van der Waals surface area contributed by atoms with Crippen molar-refractivity contribution in [1.82, 2.24) is 4.90 Å². The molecular formula is C21H24FNO3. The van der Waals surface area contributed by atoms with Crippen LogP contribution in [0.1, 0.15) is 34.3 Å². The van der Waals surface area contributed by atoms with Crippen molar-refractivity contribution in [2.75, 3.05) is 20.3 Å². The lowest BCUT2D eigenvalue weighted by molar-refractivity contribution is 0.0505. The van der Waals surface area contributed by atoms with E-state index in [0.717, 1.165) is 36.3 Å². The number of aryl methyl sites for hydroxylation is 1. The molecule has 1 saturated heterocycles. The fourth-order valence-corrected chi connectivity index (χ4v) is 3.29. The molecule has 138 valence electrons. The summed E-state index contributed by atoms with van der Waals surface area (Å²) in [6.45, 7) is 3.41. The van der Waals surface area contributed by atoms with Crippen LogP contribution < -0.4 is 4.74 Å². The van der Waals surface area contributed by atoms with E-state index in [-0.39, 0.29) is 12.0 Å². The number of halogens is 1. The second-order valence-electron chi connectivity index (χ2n) is 6.59. The number of hydrogen-bond acceptors (Lipinski definition) is 3. The van der Waals surface area contributed by atoms with E-state index in [4.69, 9.17) is 9.47 Å². The molecule has 1 aliphatic heterocycles.